The summed E-state index contributed by atoms with van der Waals surface area (Å²) in [5, 5.41) is 0. The Morgan fingerprint density at radius 2 is 2.25 bits per heavy atom. The van der Waals surface area contributed by atoms with Gasteiger partial charge in [0, 0.05) is 4.47 Å². The van der Waals surface area contributed by atoms with Gasteiger partial charge in [-0.15, -0.1) is 0 Å². The minimum absolute atomic E-state index is 0.0239. The van der Waals surface area contributed by atoms with Crippen LogP contribution in [0.5, 0.6) is 5.75 Å². The van der Waals surface area contributed by atoms with Crippen molar-refractivity contribution in [2.75, 3.05) is 13.7 Å². The summed E-state index contributed by atoms with van der Waals surface area (Å²) in [6.45, 7) is -0.449. The van der Waals surface area contributed by atoms with Gasteiger partial charge in [0.15, 0.2) is 24.5 Å². The number of rotatable bonds is 4. The lowest BCUT2D eigenvalue weighted by molar-refractivity contribution is -0.142. The van der Waals surface area contributed by atoms with Crippen LogP contribution in [0, 0.1) is 5.82 Å². The van der Waals surface area contributed by atoms with E-state index >= 15 is 0 Å². The zero-order chi connectivity index (χ0) is 12.1. The van der Waals surface area contributed by atoms with Crippen LogP contribution in [-0.4, -0.2) is 26.0 Å². The molecular weight excluding hydrogens is 283 g/mol. The quantitative estimate of drug-likeness (QED) is 0.628. The van der Waals surface area contributed by atoms with E-state index in [4.69, 9.17) is 4.74 Å². The average Bonchev–Trinajstić information content (AvgIpc) is 2.26. The molecule has 0 N–H and O–H groups in total. The van der Waals surface area contributed by atoms with Crippen molar-refractivity contribution in [2.45, 2.75) is 0 Å². The summed E-state index contributed by atoms with van der Waals surface area (Å²) in [5.74, 6) is -1.64. The fourth-order valence-corrected chi connectivity index (χ4v) is 1.46. The number of ether oxygens (including phenoxy) is 2. The Labute approximate surface area is 99.5 Å². The molecule has 0 bridgehead atoms. The minimum atomic E-state index is -0.722. The first-order valence-corrected chi connectivity index (χ1v) is 5.01. The maximum absolute atomic E-state index is 13.4. The summed E-state index contributed by atoms with van der Waals surface area (Å²) < 4.78 is 23.0. The van der Waals surface area contributed by atoms with Crippen LogP contribution < -0.4 is 4.74 Å². The number of carbonyl (C=O) groups is 2. The molecule has 0 heterocycles. The van der Waals surface area contributed by atoms with Gasteiger partial charge in [-0.05, 0) is 12.1 Å². The second kappa shape index (κ2) is 5.60. The predicted octanol–water partition coefficient (Wildman–Crippen LogP) is 1.95. The van der Waals surface area contributed by atoms with Gasteiger partial charge in [-0.2, -0.15) is 0 Å². The molecule has 16 heavy (non-hydrogen) atoms. The first kappa shape index (κ1) is 12.6. The van der Waals surface area contributed by atoms with Crippen LogP contribution in [0.15, 0.2) is 16.6 Å². The molecule has 0 aliphatic carbocycles. The lowest BCUT2D eigenvalue weighted by Gasteiger charge is -2.08. The fraction of sp³-hybridized carbons (Fsp3) is 0.200. The van der Waals surface area contributed by atoms with Gasteiger partial charge in [-0.25, -0.2) is 9.18 Å². The Bertz CT molecular complexity index is 420. The SMILES string of the molecule is COC(=O)COc1c(F)cc(Br)cc1C=O. The first-order valence-electron chi connectivity index (χ1n) is 4.22. The van der Waals surface area contributed by atoms with Crippen molar-refractivity contribution in [2.24, 2.45) is 0 Å². The molecule has 0 atom stereocenters. The van der Waals surface area contributed by atoms with Crippen LogP contribution in [-0.2, 0) is 9.53 Å². The summed E-state index contributed by atoms with van der Waals surface area (Å²) >= 11 is 3.04. The lowest BCUT2D eigenvalue weighted by Crippen LogP contribution is -2.14. The standard InChI is InChI=1S/C10H8BrFO4/c1-15-9(14)5-16-10-6(4-13)2-7(11)3-8(10)12/h2-4H,5H2,1H3. The summed E-state index contributed by atoms with van der Waals surface area (Å²) in [6.07, 6.45) is 0.445. The van der Waals surface area contributed by atoms with E-state index in [0.29, 0.717) is 10.8 Å². The highest BCUT2D eigenvalue weighted by molar-refractivity contribution is 9.10. The van der Waals surface area contributed by atoms with E-state index in [1.165, 1.54) is 13.2 Å². The van der Waals surface area contributed by atoms with Gasteiger partial charge in [-0.1, -0.05) is 15.9 Å². The van der Waals surface area contributed by atoms with Crippen LogP contribution in [0.25, 0.3) is 0 Å². The molecule has 0 aromatic heterocycles. The molecule has 0 amide bonds. The van der Waals surface area contributed by atoms with Gasteiger partial charge in [0.2, 0.25) is 0 Å². The van der Waals surface area contributed by atoms with Crippen molar-refractivity contribution in [3.8, 4) is 5.75 Å². The van der Waals surface area contributed by atoms with Crippen LogP contribution in [0.4, 0.5) is 4.39 Å². The molecule has 1 rings (SSSR count). The number of hydrogen-bond donors (Lipinski definition) is 0. The summed E-state index contributed by atoms with van der Waals surface area (Å²) in [4.78, 5) is 21.5. The van der Waals surface area contributed by atoms with Crippen molar-refractivity contribution >= 4 is 28.2 Å². The van der Waals surface area contributed by atoms with E-state index in [1.54, 1.807) is 0 Å². The molecule has 6 heteroatoms. The topological polar surface area (TPSA) is 52.6 Å². The monoisotopic (exact) mass is 290 g/mol. The number of aldehydes is 1. The van der Waals surface area contributed by atoms with Crippen molar-refractivity contribution < 1.29 is 23.5 Å². The highest BCUT2D eigenvalue weighted by atomic mass is 79.9. The zero-order valence-corrected chi connectivity index (χ0v) is 9.91. The van der Waals surface area contributed by atoms with Gasteiger partial charge in [0.1, 0.15) is 0 Å². The number of hydrogen-bond acceptors (Lipinski definition) is 4. The lowest BCUT2D eigenvalue weighted by atomic mass is 10.2. The molecule has 0 saturated heterocycles. The Balaban J connectivity index is 2.94. The van der Waals surface area contributed by atoms with Gasteiger partial charge < -0.3 is 9.47 Å². The number of carbonyl (C=O) groups excluding carboxylic acids is 2. The highest BCUT2D eigenvalue weighted by Gasteiger charge is 2.13. The molecule has 0 saturated carbocycles. The predicted molar refractivity (Wildman–Crippen MR) is 57.0 cm³/mol. The van der Waals surface area contributed by atoms with E-state index < -0.39 is 18.4 Å². The molecule has 0 unspecified atom stereocenters. The second-order valence-electron chi connectivity index (χ2n) is 2.79. The smallest absolute Gasteiger partial charge is 0.343 e. The number of halogens is 2. The van der Waals surface area contributed by atoms with Crippen molar-refractivity contribution in [3.63, 3.8) is 0 Å². The van der Waals surface area contributed by atoms with Crippen LogP contribution in [0.2, 0.25) is 0 Å². The zero-order valence-electron chi connectivity index (χ0n) is 8.33. The largest absolute Gasteiger partial charge is 0.478 e. The van der Waals surface area contributed by atoms with Crippen LogP contribution >= 0.6 is 15.9 Å². The van der Waals surface area contributed by atoms with Crippen molar-refractivity contribution in [3.05, 3.63) is 28.0 Å². The van der Waals surface area contributed by atoms with E-state index in [1.807, 2.05) is 0 Å². The molecule has 1 aromatic rings. The van der Waals surface area contributed by atoms with E-state index in [2.05, 4.69) is 20.7 Å². The van der Waals surface area contributed by atoms with Gasteiger partial charge in [0.25, 0.3) is 0 Å². The molecule has 0 fully saturated rings. The van der Waals surface area contributed by atoms with Crippen molar-refractivity contribution in [1.82, 2.24) is 0 Å². The van der Waals surface area contributed by atoms with Crippen molar-refractivity contribution in [1.29, 1.82) is 0 Å². The van der Waals surface area contributed by atoms with Gasteiger partial charge in [-0.3, -0.25) is 4.79 Å². The Morgan fingerprint density at radius 3 is 2.81 bits per heavy atom. The molecular formula is C10H8BrFO4. The van der Waals surface area contributed by atoms with Gasteiger partial charge >= 0.3 is 5.97 Å². The Kier molecular flexibility index (Phi) is 4.42. The van der Waals surface area contributed by atoms with E-state index in [0.717, 1.165) is 6.07 Å². The van der Waals surface area contributed by atoms with E-state index in [9.17, 15) is 14.0 Å². The molecule has 0 aliphatic heterocycles. The molecule has 86 valence electrons. The minimum Gasteiger partial charge on any atom is -0.478 e. The molecule has 0 radical (unpaired) electrons. The van der Waals surface area contributed by atoms with Crippen LogP contribution in [0.3, 0.4) is 0 Å². The first-order chi connectivity index (χ1) is 7.58. The molecule has 1 aromatic carbocycles. The summed E-state index contributed by atoms with van der Waals surface area (Å²) in [7, 11) is 1.18. The molecule has 4 nitrogen and oxygen atoms in total. The average molecular weight is 291 g/mol. The maximum Gasteiger partial charge on any atom is 0.343 e. The third kappa shape index (κ3) is 3.03. The van der Waals surface area contributed by atoms with Crippen LogP contribution in [0.1, 0.15) is 10.4 Å². The fourth-order valence-electron chi connectivity index (χ4n) is 1.01. The third-order valence-corrected chi connectivity index (χ3v) is 2.18. The Morgan fingerprint density at radius 1 is 1.56 bits per heavy atom. The van der Waals surface area contributed by atoms with E-state index in [-0.39, 0.29) is 11.3 Å². The number of esters is 1. The molecule has 0 aliphatic rings. The normalized spacial score (nSPS) is 9.69. The number of benzene rings is 1. The maximum atomic E-state index is 13.4. The third-order valence-electron chi connectivity index (χ3n) is 1.73. The summed E-state index contributed by atoms with van der Waals surface area (Å²) in [6, 6.07) is 2.53. The van der Waals surface area contributed by atoms with Gasteiger partial charge in [0.05, 0.1) is 12.7 Å². The summed E-state index contributed by atoms with van der Waals surface area (Å²) in [5.41, 5.74) is 0.0239. The second-order valence-corrected chi connectivity index (χ2v) is 3.70. The highest BCUT2D eigenvalue weighted by Crippen LogP contribution is 2.26. The number of methoxy groups -OCH3 is 1. The Hall–Kier alpha value is -1.43. The molecule has 0 spiro atoms.